The molecular weight excluding hydrogens is 160 g/mol. The molecule has 0 aromatic carbocycles. The second-order valence-electron chi connectivity index (χ2n) is 5.14. The van der Waals surface area contributed by atoms with Gasteiger partial charge >= 0.3 is 0 Å². The van der Waals surface area contributed by atoms with Gasteiger partial charge in [-0.1, -0.05) is 27.4 Å². The summed E-state index contributed by atoms with van der Waals surface area (Å²) in [7, 11) is 0. The van der Waals surface area contributed by atoms with Crippen molar-refractivity contribution in [1.29, 1.82) is 0 Å². The quantitative estimate of drug-likeness (QED) is 0.591. The molecular formula is C12H22O. The zero-order chi connectivity index (χ0) is 9.90. The first-order valence-electron chi connectivity index (χ1n) is 5.30. The Morgan fingerprint density at radius 1 is 1.15 bits per heavy atom. The Labute approximate surface area is 82.2 Å². The molecule has 1 aliphatic rings. The van der Waals surface area contributed by atoms with Crippen molar-refractivity contribution >= 4 is 0 Å². The normalized spacial score (nSPS) is 29.8. The van der Waals surface area contributed by atoms with Crippen LogP contribution in [-0.2, 0) is 4.74 Å². The molecule has 76 valence electrons. The first-order valence-corrected chi connectivity index (χ1v) is 5.30. The van der Waals surface area contributed by atoms with E-state index in [9.17, 15) is 0 Å². The highest BCUT2D eigenvalue weighted by Gasteiger charge is 2.29. The lowest BCUT2D eigenvalue weighted by atomic mass is 9.72. The van der Waals surface area contributed by atoms with Gasteiger partial charge in [0.25, 0.3) is 0 Å². The maximum Gasteiger partial charge on any atom is 0.0978 e. The highest BCUT2D eigenvalue weighted by Crippen LogP contribution is 2.38. The van der Waals surface area contributed by atoms with Gasteiger partial charge in [-0.25, -0.2) is 0 Å². The number of ether oxygens (including phenoxy) is 1. The molecule has 1 fully saturated rings. The van der Waals surface area contributed by atoms with E-state index in [1.807, 2.05) is 0 Å². The third-order valence-corrected chi connectivity index (χ3v) is 3.19. The van der Waals surface area contributed by atoms with E-state index in [2.05, 4.69) is 27.4 Å². The summed E-state index contributed by atoms with van der Waals surface area (Å²) in [5.74, 6) is 0.872. The van der Waals surface area contributed by atoms with Gasteiger partial charge in [-0.15, -0.1) is 0 Å². The van der Waals surface area contributed by atoms with Crippen LogP contribution in [0, 0.1) is 11.3 Å². The lowest BCUT2D eigenvalue weighted by molar-refractivity contribution is 0.0596. The van der Waals surface area contributed by atoms with Crippen LogP contribution in [0.15, 0.2) is 12.8 Å². The van der Waals surface area contributed by atoms with Crippen LogP contribution in [0.25, 0.3) is 0 Å². The largest absolute Gasteiger partial charge is 0.499 e. The fraction of sp³-hybridized carbons (Fsp3) is 0.833. The van der Waals surface area contributed by atoms with E-state index in [4.69, 9.17) is 4.74 Å². The topological polar surface area (TPSA) is 9.23 Å². The highest BCUT2D eigenvalue weighted by atomic mass is 16.5. The predicted molar refractivity (Wildman–Crippen MR) is 56.5 cm³/mol. The molecule has 0 amide bonds. The van der Waals surface area contributed by atoms with Crippen molar-refractivity contribution in [2.75, 3.05) is 0 Å². The molecule has 1 nitrogen and oxygen atoms in total. The van der Waals surface area contributed by atoms with E-state index >= 15 is 0 Å². The smallest absolute Gasteiger partial charge is 0.0978 e. The maximum atomic E-state index is 5.41. The van der Waals surface area contributed by atoms with Gasteiger partial charge in [-0.2, -0.15) is 0 Å². The summed E-state index contributed by atoms with van der Waals surface area (Å²) >= 11 is 0. The summed E-state index contributed by atoms with van der Waals surface area (Å²) in [5, 5.41) is 0. The Hall–Kier alpha value is -0.460. The minimum absolute atomic E-state index is 0.441. The molecule has 0 N–H and O–H groups in total. The van der Waals surface area contributed by atoms with Gasteiger partial charge in [0.05, 0.1) is 12.4 Å². The minimum Gasteiger partial charge on any atom is -0.499 e. The van der Waals surface area contributed by atoms with Crippen molar-refractivity contribution in [2.24, 2.45) is 11.3 Å². The Morgan fingerprint density at radius 3 is 2.08 bits per heavy atom. The van der Waals surface area contributed by atoms with E-state index in [0.717, 1.165) is 5.92 Å². The van der Waals surface area contributed by atoms with E-state index < -0.39 is 0 Å². The average Bonchev–Trinajstić information content (AvgIpc) is 2.04. The van der Waals surface area contributed by atoms with Crippen LogP contribution in [-0.4, -0.2) is 6.10 Å². The minimum atomic E-state index is 0.441. The van der Waals surface area contributed by atoms with E-state index in [1.54, 1.807) is 6.26 Å². The Morgan fingerprint density at radius 2 is 1.69 bits per heavy atom. The van der Waals surface area contributed by atoms with Crippen LogP contribution in [0.5, 0.6) is 0 Å². The van der Waals surface area contributed by atoms with Crippen LogP contribution >= 0.6 is 0 Å². The summed E-state index contributed by atoms with van der Waals surface area (Å²) in [6.07, 6.45) is 7.05. The summed E-state index contributed by atoms with van der Waals surface area (Å²) in [5.41, 5.74) is 0.471. The van der Waals surface area contributed by atoms with Crippen molar-refractivity contribution < 1.29 is 4.74 Å². The van der Waals surface area contributed by atoms with Gasteiger partial charge in [-0.05, 0) is 37.0 Å². The third-order valence-electron chi connectivity index (χ3n) is 3.19. The molecule has 1 saturated carbocycles. The maximum absolute atomic E-state index is 5.41. The molecule has 13 heavy (non-hydrogen) atoms. The number of rotatable bonds is 2. The zero-order valence-electron chi connectivity index (χ0n) is 9.18. The molecule has 1 heteroatoms. The van der Waals surface area contributed by atoms with Crippen molar-refractivity contribution in [1.82, 2.24) is 0 Å². The standard InChI is InChI=1S/C12H22O/c1-5-13-11-8-6-10(7-9-11)12(2,3)4/h5,10-11H,1,6-9H2,2-4H3. The van der Waals surface area contributed by atoms with E-state index in [1.165, 1.54) is 25.7 Å². The van der Waals surface area contributed by atoms with Crippen LogP contribution in [0.3, 0.4) is 0 Å². The molecule has 0 aromatic rings. The zero-order valence-corrected chi connectivity index (χ0v) is 9.18. The SMILES string of the molecule is C=COC1CCC(C(C)(C)C)CC1. The van der Waals surface area contributed by atoms with Crippen LogP contribution in [0.1, 0.15) is 46.5 Å². The molecule has 0 bridgehead atoms. The predicted octanol–water partition coefficient (Wildman–Crippen LogP) is 3.75. The molecule has 0 radical (unpaired) electrons. The summed E-state index contributed by atoms with van der Waals surface area (Å²) < 4.78 is 5.41. The lowest BCUT2D eigenvalue weighted by Gasteiger charge is -2.36. The van der Waals surface area contributed by atoms with Gasteiger partial charge in [0, 0.05) is 0 Å². The highest BCUT2D eigenvalue weighted by molar-refractivity contribution is 4.81. The second kappa shape index (κ2) is 4.17. The van der Waals surface area contributed by atoms with Crippen molar-refractivity contribution in [2.45, 2.75) is 52.6 Å². The van der Waals surface area contributed by atoms with Gasteiger partial charge in [0.15, 0.2) is 0 Å². The Balaban J connectivity index is 2.34. The summed E-state index contributed by atoms with van der Waals surface area (Å²) in [6, 6.07) is 0. The monoisotopic (exact) mass is 182 g/mol. The van der Waals surface area contributed by atoms with Gasteiger partial charge in [0.2, 0.25) is 0 Å². The molecule has 1 rings (SSSR count). The molecule has 0 saturated heterocycles. The van der Waals surface area contributed by atoms with Gasteiger partial charge in [0.1, 0.15) is 0 Å². The molecule has 0 aromatic heterocycles. The molecule has 0 spiro atoms. The molecule has 0 aliphatic heterocycles. The average molecular weight is 182 g/mol. The molecule has 1 aliphatic carbocycles. The Kier molecular flexibility index (Phi) is 3.40. The first kappa shape index (κ1) is 10.6. The van der Waals surface area contributed by atoms with Crippen molar-refractivity contribution in [3.63, 3.8) is 0 Å². The van der Waals surface area contributed by atoms with Crippen molar-refractivity contribution in [3.05, 3.63) is 12.8 Å². The van der Waals surface area contributed by atoms with Crippen LogP contribution < -0.4 is 0 Å². The Bertz CT molecular complexity index is 158. The third kappa shape index (κ3) is 3.06. The van der Waals surface area contributed by atoms with E-state index in [0.29, 0.717) is 11.5 Å². The summed E-state index contributed by atoms with van der Waals surface area (Å²) in [6.45, 7) is 10.6. The number of hydrogen-bond acceptors (Lipinski definition) is 1. The lowest BCUT2D eigenvalue weighted by Crippen LogP contribution is -2.28. The van der Waals surface area contributed by atoms with Gasteiger partial charge in [-0.3, -0.25) is 0 Å². The molecule has 0 atom stereocenters. The van der Waals surface area contributed by atoms with Crippen LogP contribution in [0.2, 0.25) is 0 Å². The van der Waals surface area contributed by atoms with Crippen LogP contribution in [0.4, 0.5) is 0 Å². The molecule has 0 unspecified atom stereocenters. The molecule has 0 heterocycles. The first-order chi connectivity index (χ1) is 6.04. The fourth-order valence-corrected chi connectivity index (χ4v) is 2.20. The number of hydrogen-bond donors (Lipinski definition) is 0. The summed E-state index contributed by atoms with van der Waals surface area (Å²) in [4.78, 5) is 0. The fourth-order valence-electron chi connectivity index (χ4n) is 2.20. The van der Waals surface area contributed by atoms with Gasteiger partial charge < -0.3 is 4.74 Å². The second-order valence-corrected chi connectivity index (χ2v) is 5.14. The van der Waals surface area contributed by atoms with E-state index in [-0.39, 0.29) is 0 Å². The van der Waals surface area contributed by atoms with Crippen molar-refractivity contribution in [3.8, 4) is 0 Å².